The Kier molecular flexibility index (Phi) is 7.88. The number of carbonyl (C=O) groups excluding carboxylic acids is 1. The van der Waals surface area contributed by atoms with Gasteiger partial charge < -0.3 is 19.3 Å². The molecule has 0 aromatic heterocycles. The van der Waals surface area contributed by atoms with Gasteiger partial charge in [-0.1, -0.05) is 48.0 Å². The quantitative estimate of drug-likeness (QED) is 0.494. The Bertz CT molecular complexity index is 906. The zero-order valence-electron chi connectivity index (χ0n) is 16.5. The van der Waals surface area contributed by atoms with Crippen LogP contribution in [-0.4, -0.2) is 48.6 Å². The highest BCUT2D eigenvalue weighted by atomic mass is 35.5. The number of benzene rings is 2. The number of Topliss-reactive ketones (excluding diaryl/α,β-unsaturated/α-hetero) is 1. The van der Waals surface area contributed by atoms with Gasteiger partial charge in [-0.25, -0.2) is 4.39 Å². The second kappa shape index (κ2) is 10.8. The maximum absolute atomic E-state index is 13.6. The first-order chi connectivity index (χ1) is 14.6. The van der Waals surface area contributed by atoms with Crippen LogP contribution in [0.1, 0.15) is 11.7 Å². The number of para-hydroxylation sites is 1. The minimum absolute atomic E-state index is 0.0754. The highest BCUT2D eigenvalue weighted by Crippen LogP contribution is 2.27. The Morgan fingerprint density at radius 2 is 1.90 bits per heavy atom. The van der Waals surface area contributed by atoms with Crippen molar-refractivity contribution in [1.82, 2.24) is 9.80 Å². The molecule has 7 heteroatoms. The lowest BCUT2D eigenvalue weighted by Crippen LogP contribution is -2.33. The van der Waals surface area contributed by atoms with E-state index in [4.69, 9.17) is 21.1 Å². The third kappa shape index (κ3) is 6.08. The maximum atomic E-state index is 13.6. The summed E-state index contributed by atoms with van der Waals surface area (Å²) in [5, 5.41) is 0.645. The monoisotopic (exact) mass is 430 g/mol. The molecule has 0 radical (unpaired) electrons. The van der Waals surface area contributed by atoms with Crippen LogP contribution < -0.4 is 4.74 Å². The Labute approximate surface area is 180 Å². The molecular weight excluding hydrogens is 407 g/mol. The molecule has 3 rings (SSSR count). The minimum atomic E-state index is -0.484. The van der Waals surface area contributed by atoms with E-state index in [1.807, 2.05) is 46.5 Å². The van der Waals surface area contributed by atoms with E-state index < -0.39 is 5.82 Å². The zero-order chi connectivity index (χ0) is 21.3. The first-order valence-corrected chi connectivity index (χ1v) is 9.97. The van der Waals surface area contributed by atoms with Gasteiger partial charge in [-0.2, -0.15) is 0 Å². The molecule has 1 atom stereocenters. The Balaban J connectivity index is 1.50. The third-order valence-corrected chi connectivity index (χ3v) is 4.87. The number of carbonyl (C=O) groups is 1. The molecule has 2 aromatic rings. The van der Waals surface area contributed by atoms with Crippen molar-refractivity contribution >= 4 is 17.4 Å². The summed E-state index contributed by atoms with van der Waals surface area (Å²) >= 11 is 6.34. The molecule has 1 aliphatic heterocycles. The van der Waals surface area contributed by atoms with Crippen molar-refractivity contribution in [3.63, 3.8) is 0 Å². The van der Waals surface area contributed by atoms with Crippen LogP contribution in [0.4, 0.5) is 4.39 Å². The number of nitrogens with zero attached hydrogens (tertiary/aromatic N) is 2. The van der Waals surface area contributed by atoms with Crippen LogP contribution in [0.2, 0.25) is 5.02 Å². The van der Waals surface area contributed by atoms with E-state index in [9.17, 15) is 9.18 Å². The second-order valence-corrected chi connectivity index (χ2v) is 7.25. The molecule has 5 nitrogen and oxygen atoms in total. The van der Waals surface area contributed by atoms with E-state index in [1.165, 1.54) is 12.1 Å². The molecule has 1 heterocycles. The van der Waals surface area contributed by atoms with Crippen LogP contribution in [0.3, 0.4) is 0 Å². The van der Waals surface area contributed by atoms with E-state index in [0.717, 1.165) is 5.56 Å². The molecule has 0 saturated heterocycles. The lowest BCUT2D eigenvalue weighted by atomic mass is 10.1. The summed E-state index contributed by atoms with van der Waals surface area (Å²) in [6.45, 7) is 5.20. The topological polar surface area (TPSA) is 42.0 Å². The second-order valence-electron chi connectivity index (χ2n) is 6.85. The van der Waals surface area contributed by atoms with Gasteiger partial charge in [-0.15, -0.1) is 6.58 Å². The van der Waals surface area contributed by atoms with Gasteiger partial charge in [0, 0.05) is 29.5 Å². The molecule has 0 amide bonds. The van der Waals surface area contributed by atoms with E-state index >= 15 is 0 Å². The molecule has 30 heavy (non-hydrogen) atoms. The number of hydrogen-bond acceptors (Lipinski definition) is 5. The van der Waals surface area contributed by atoms with Crippen molar-refractivity contribution in [2.24, 2.45) is 0 Å². The average Bonchev–Trinajstić information content (AvgIpc) is 3.17. The van der Waals surface area contributed by atoms with Crippen LogP contribution in [0.15, 0.2) is 73.6 Å². The van der Waals surface area contributed by atoms with Crippen molar-refractivity contribution in [3.05, 3.63) is 90.0 Å². The first-order valence-electron chi connectivity index (χ1n) is 9.59. The van der Waals surface area contributed by atoms with Gasteiger partial charge in [-0.05, 0) is 18.2 Å². The van der Waals surface area contributed by atoms with E-state index in [0.29, 0.717) is 24.8 Å². The molecule has 0 saturated carbocycles. The van der Waals surface area contributed by atoms with Gasteiger partial charge in [0.25, 0.3) is 0 Å². The van der Waals surface area contributed by atoms with E-state index in [2.05, 4.69) is 6.58 Å². The summed E-state index contributed by atoms with van der Waals surface area (Å²) in [4.78, 5) is 16.1. The normalized spacial score (nSPS) is 14.1. The SMILES string of the molecule is C=CCOC(CN1C=CN(CC(=O)COc2ccccc2F)C1)c1ccccc1Cl. The average molecular weight is 431 g/mol. The fraction of sp³-hybridized carbons (Fsp3) is 0.261. The smallest absolute Gasteiger partial charge is 0.189 e. The van der Waals surface area contributed by atoms with Gasteiger partial charge >= 0.3 is 0 Å². The summed E-state index contributed by atoms with van der Waals surface area (Å²) in [6, 6.07) is 13.6. The first kappa shape index (κ1) is 21.9. The van der Waals surface area contributed by atoms with E-state index in [-0.39, 0.29) is 30.8 Å². The van der Waals surface area contributed by atoms with Gasteiger partial charge in [0.2, 0.25) is 0 Å². The lowest BCUT2D eigenvalue weighted by Gasteiger charge is -2.26. The van der Waals surface area contributed by atoms with Gasteiger partial charge in [0.1, 0.15) is 12.7 Å². The zero-order valence-corrected chi connectivity index (χ0v) is 17.3. The summed E-state index contributed by atoms with van der Waals surface area (Å²) < 4.78 is 24.8. The summed E-state index contributed by atoms with van der Waals surface area (Å²) in [5.41, 5.74) is 0.905. The Hall–Kier alpha value is -2.83. The van der Waals surface area contributed by atoms with Crippen LogP contribution in [0.25, 0.3) is 0 Å². The molecule has 0 aliphatic carbocycles. The fourth-order valence-electron chi connectivity index (χ4n) is 3.10. The number of ketones is 1. The van der Waals surface area contributed by atoms with Crippen molar-refractivity contribution in [2.75, 3.05) is 33.0 Å². The predicted octanol–water partition coefficient (Wildman–Crippen LogP) is 4.42. The van der Waals surface area contributed by atoms with E-state index in [1.54, 1.807) is 18.2 Å². The van der Waals surface area contributed by atoms with Crippen molar-refractivity contribution in [3.8, 4) is 5.75 Å². The molecule has 0 N–H and O–H groups in total. The molecule has 158 valence electrons. The third-order valence-electron chi connectivity index (χ3n) is 4.52. The van der Waals surface area contributed by atoms with Crippen LogP contribution in [0.5, 0.6) is 5.75 Å². The van der Waals surface area contributed by atoms with Crippen molar-refractivity contribution in [2.45, 2.75) is 6.10 Å². The molecular formula is C23H24ClFN2O3. The molecule has 1 unspecified atom stereocenters. The molecule has 0 fully saturated rings. The molecule has 0 spiro atoms. The number of ether oxygens (including phenoxy) is 2. The highest BCUT2D eigenvalue weighted by Gasteiger charge is 2.22. The lowest BCUT2D eigenvalue weighted by molar-refractivity contribution is -0.121. The minimum Gasteiger partial charge on any atom is -0.483 e. The van der Waals surface area contributed by atoms with Gasteiger partial charge in [0.15, 0.2) is 17.3 Å². The largest absolute Gasteiger partial charge is 0.483 e. The standard InChI is InChI=1S/C23H24ClFN2O3/c1-2-13-29-23(19-7-3-4-8-20(19)24)15-27-12-11-26(17-27)14-18(28)16-30-22-10-6-5-9-21(22)25/h2-12,23H,1,13-17H2. The summed E-state index contributed by atoms with van der Waals surface area (Å²) in [5.74, 6) is -0.551. The number of rotatable bonds is 11. The van der Waals surface area contributed by atoms with Crippen LogP contribution in [-0.2, 0) is 9.53 Å². The Morgan fingerprint density at radius 1 is 1.17 bits per heavy atom. The van der Waals surface area contributed by atoms with Crippen LogP contribution in [0, 0.1) is 5.82 Å². The fourth-order valence-corrected chi connectivity index (χ4v) is 3.36. The highest BCUT2D eigenvalue weighted by molar-refractivity contribution is 6.31. The number of hydrogen-bond donors (Lipinski definition) is 0. The molecule has 1 aliphatic rings. The van der Waals surface area contributed by atoms with Gasteiger partial charge in [0.05, 0.1) is 19.8 Å². The molecule has 2 aromatic carbocycles. The summed E-state index contributed by atoms with van der Waals surface area (Å²) in [6.07, 6.45) is 5.22. The predicted molar refractivity (Wildman–Crippen MR) is 115 cm³/mol. The molecule has 0 bridgehead atoms. The summed E-state index contributed by atoms with van der Waals surface area (Å²) in [7, 11) is 0. The number of halogens is 2. The van der Waals surface area contributed by atoms with Gasteiger partial charge in [-0.3, -0.25) is 4.79 Å². The van der Waals surface area contributed by atoms with Crippen molar-refractivity contribution in [1.29, 1.82) is 0 Å². The van der Waals surface area contributed by atoms with Crippen LogP contribution >= 0.6 is 11.6 Å². The Morgan fingerprint density at radius 3 is 2.67 bits per heavy atom. The van der Waals surface area contributed by atoms with Crippen molar-refractivity contribution < 1.29 is 18.7 Å². The maximum Gasteiger partial charge on any atom is 0.189 e.